The molecular weight excluding hydrogens is 290 g/mol. The highest BCUT2D eigenvalue weighted by atomic mass is 32.2. The molecule has 0 aliphatic rings. The summed E-state index contributed by atoms with van der Waals surface area (Å²) < 4.78 is 0. The lowest BCUT2D eigenvalue weighted by atomic mass is 10.0. The van der Waals surface area contributed by atoms with Crippen molar-refractivity contribution in [3.63, 3.8) is 0 Å². The molecule has 1 heterocycles. The zero-order chi connectivity index (χ0) is 15.9. The fourth-order valence-corrected chi connectivity index (χ4v) is 3.09. The molecule has 4 heteroatoms. The Labute approximate surface area is 138 Å². The predicted octanol–water partition coefficient (Wildman–Crippen LogP) is 4.19. The molecule has 0 spiro atoms. The van der Waals surface area contributed by atoms with Crippen LogP contribution in [0.2, 0.25) is 0 Å². The van der Waals surface area contributed by atoms with Crippen molar-refractivity contribution in [2.45, 2.75) is 32.7 Å². The largest absolute Gasteiger partial charge is 0.303 e. The summed E-state index contributed by atoms with van der Waals surface area (Å²) in [6.45, 7) is 12.0. The molecule has 0 fully saturated rings. The average Bonchev–Trinajstić information content (AvgIpc) is 2.55. The molecule has 0 saturated heterocycles. The lowest BCUT2D eigenvalue weighted by Gasteiger charge is -2.16. The maximum absolute atomic E-state index is 4.37. The Hall–Kier alpha value is -1.39. The first kappa shape index (κ1) is 17.0. The van der Waals surface area contributed by atoms with Gasteiger partial charge >= 0.3 is 0 Å². The van der Waals surface area contributed by atoms with E-state index in [0.29, 0.717) is 0 Å². The van der Waals surface area contributed by atoms with Crippen LogP contribution in [0, 0.1) is 13.8 Å². The Bertz CT molecular complexity index is 592. The lowest BCUT2D eigenvalue weighted by molar-refractivity contribution is 0.324. The van der Waals surface area contributed by atoms with Crippen molar-refractivity contribution >= 4 is 11.8 Å². The van der Waals surface area contributed by atoms with Crippen LogP contribution in [-0.2, 0) is 0 Å². The van der Waals surface area contributed by atoms with Crippen LogP contribution in [0.4, 0.5) is 0 Å². The highest BCUT2D eigenvalue weighted by Gasteiger charge is 2.04. The van der Waals surface area contributed by atoms with Gasteiger partial charge in [0.25, 0.3) is 0 Å². The molecule has 2 aromatic rings. The van der Waals surface area contributed by atoms with Crippen molar-refractivity contribution in [2.24, 2.45) is 0 Å². The zero-order valence-corrected chi connectivity index (χ0v) is 14.8. The number of hydrogen-bond donors (Lipinski definition) is 0. The van der Waals surface area contributed by atoms with Gasteiger partial charge in [0.1, 0.15) is 5.03 Å². The minimum atomic E-state index is 0.941. The van der Waals surface area contributed by atoms with Gasteiger partial charge in [-0.05, 0) is 56.3 Å². The van der Waals surface area contributed by atoms with E-state index in [1.807, 2.05) is 0 Å². The molecule has 2 rings (SSSR count). The molecule has 3 nitrogen and oxygen atoms in total. The van der Waals surface area contributed by atoms with Crippen LogP contribution in [0.15, 0.2) is 35.4 Å². The minimum Gasteiger partial charge on any atom is -0.303 e. The second kappa shape index (κ2) is 8.30. The molecule has 0 atom stereocenters. The normalized spacial score (nSPS) is 11.1. The monoisotopic (exact) mass is 315 g/mol. The van der Waals surface area contributed by atoms with Gasteiger partial charge in [0, 0.05) is 17.9 Å². The maximum Gasteiger partial charge on any atom is 0.119 e. The molecule has 0 aliphatic heterocycles. The highest BCUT2D eigenvalue weighted by molar-refractivity contribution is 7.99. The Balaban J connectivity index is 1.96. The van der Waals surface area contributed by atoms with E-state index in [1.165, 1.54) is 11.1 Å². The molecule has 22 heavy (non-hydrogen) atoms. The number of nitrogens with zero attached hydrogens (tertiary/aromatic N) is 3. The van der Waals surface area contributed by atoms with Crippen LogP contribution in [0.5, 0.6) is 0 Å². The standard InChI is InChI=1S/C18H25N3S/c1-5-21(6-2)11-12-22-18-10-9-17(19-20-18)16-8-7-14(3)15(4)13-16/h7-10,13H,5-6,11-12H2,1-4H3. The van der Waals surface area contributed by atoms with Gasteiger partial charge < -0.3 is 4.90 Å². The number of thioether (sulfide) groups is 1. The van der Waals surface area contributed by atoms with Crippen LogP contribution in [0.1, 0.15) is 25.0 Å². The van der Waals surface area contributed by atoms with Crippen LogP contribution in [-0.4, -0.2) is 40.5 Å². The van der Waals surface area contributed by atoms with Crippen LogP contribution >= 0.6 is 11.8 Å². The highest BCUT2D eigenvalue weighted by Crippen LogP contribution is 2.22. The molecule has 0 saturated carbocycles. The van der Waals surface area contributed by atoms with Crippen molar-refractivity contribution in [2.75, 3.05) is 25.4 Å². The predicted molar refractivity (Wildman–Crippen MR) is 95.5 cm³/mol. The summed E-state index contributed by atoms with van der Waals surface area (Å²) in [6.07, 6.45) is 0. The summed E-state index contributed by atoms with van der Waals surface area (Å²) in [5.41, 5.74) is 4.67. The maximum atomic E-state index is 4.37. The summed E-state index contributed by atoms with van der Waals surface area (Å²) in [4.78, 5) is 2.42. The third kappa shape index (κ3) is 4.55. The molecule has 1 aromatic heterocycles. The van der Waals surface area contributed by atoms with Gasteiger partial charge in [-0.15, -0.1) is 22.0 Å². The summed E-state index contributed by atoms with van der Waals surface area (Å²) in [7, 11) is 0. The first-order valence-corrected chi connectivity index (χ1v) is 8.89. The topological polar surface area (TPSA) is 29.0 Å². The van der Waals surface area contributed by atoms with Gasteiger partial charge in [0.05, 0.1) is 5.69 Å². The van der Waals surface area contributed by atoms with E-state index in [9.17, 15) is 0 Å². The van der Waals surface area contributed by atoms with Gasteiger partial charge in [0.15, 0.2) is 0 Å². The van der Waals surface area contributed by atoms with Gasteiger partial charge in [-0.1, -0.05) is 26.0 Å². The van der Waals surface area contributed by atoms with Crippen molar-refractivity contribution in [1.29, 1.82) is 0 Å². The Morgan fingerprint density at radius 3 is 2.32 bits per heavy atom. The van der Waals surface area contributed by atoms with E-state index >= 15 is 0 Å². The first-order valence-electron chi connectivity index (χ1n) is 7.90. The van der Waals surface area contributed by atoms with Crippen molar-refractivity contribution < 1.29 is 0 Å². The number of aryl methyl sites for hydroxylation is 2. The molecule has 118 valence electrons. The quantitative estimate of drug-likeness (QED) is 0.716. The molecule has 0 aliphatic carbocycles. The zero-order valence-electron chi connectivity index (χ0n) is 14.0. The Morgan fingerprint density at radius 1 is 0.955 bits per heavy atom. The van der Waals surface area contributed by atoms with Crippen molar-refractivity contribution in [3.8, 4) is 11.3 Å². The molecule has 1 aromatic carbocycles. The molecule has 0 N–H and O–H groups in total. The van der Waals surface area contributed by atoms with Gasteiger partial charge in [-0.2, -0.15) is 0 Å². The average molecular weight is 315 g/mol. The van der Waals surface area contributed by atoms with Crippen molar-refractivity contribution in [3.05, 3.63) is 41.5 Å². The van der Waals surface area contributed by atoms with Crippen LogP contribution in [0.3, 0.4) is 0 Å². The minimum absolute atomic E-state index is 0.941. The molecular formula is C18H25N3S. The Morgan fingerprint density at radius 2 is 1.73 bits per heavy atom. The third-order valence-corrected chi connectivity index (χ3v) is 4.89. The van der Waals surface area contributed by atoms with Crippen LogP contribution < -0.4 is 0 Å². The first-order chi connectivity index (χ1) is 10.6. The number of benzene rings is 1. The summed E-state index contributed by atoms with van der Waals surface area (Å²) in [5, 5.41) is 9.72. The van der Waals surface area contributed by atoms with E-state index in [-0.39, 0.29) is 0 Å². The van der Waals surface area contributed by atoms with Gasteiger partial charge in [0.2, 0.25) is 0 Å². The van der Waals surface area contributed by atoms with E-state index < -0.39 is 0 Å². The van der Waals surface area contributed by atoms with Gasteiger partial charge in [-0.25, -0.2) is 0 Å². The molecule has 0 amide bonds. The molecule has 0 radical (unpaired) electrons. The van der Waals surface area contributed by atoms with Gasteiger partial charge in [-0.3, -0.25) is 0 Å². The second-order valence-corrected chi connectivity index (χ2v) is 6.55. The summed E-state index contributed by atoms with van der Waals surface area (Å²) >= 11 is 1.77. The van der Waals surface area contributed by atoms with E-state index in [1.54, 1.807) is 11.8 Å². The van der Waals surface area contributed by atoms with Crippen molar-refractivity contribution in [1.82, 2.24) is 15.1 Å². The van der Waals surface area contributed by atoms with E-state index in [4.69, 9.17) is 0 Å². The van der Waals surface area contributed by atoms with E-state index in [0.717, 1.165) is 41.7 Å². The SMILES string of the molecule is CCN(CC)CCSc1ccc(-c2ccc(C)c(C)c2)nn1. The number of hydrogen-bond acceptors (Lipinski definition) is 4. The number of aromatic nitrogens is 2. The number of rotatable bonds is 7. The van der Waals surface area contributed by atoms with Crippen LogP contribution in [0.25, 0.3) is 11.3 Å². The summed E-state index contributed by atoms with van der Waals surface area (Å²) in [5.74, 6) is 1.05. The molecule has 0 unspecified atom stereocenters. The molecule has 0 bridgehead atoms. The third-order valence-electron chi connectivity index (χ3n) is 3.99. The smallest absolute Gasteiger partial charge is 0.119 e. The fourth-order valence-electron chi connectivity index (χ4n) is 2.27. The Kier molecular flexibility index (Phi) is 6.40. The van der Waals surface area contributed by atoms with E-state index in [2.05, 4.69) is 73.1 Å². The second-order valence-electron chi connectivity index (χ2n) is 5.43. The fraction of sp³-hybridized carbons (Fsp3) is 0.444. The lowest BCUT2D eigenvalue weighted by Crippen LogP contribution is -2.25. The summed E-state index contributed by atoms with van der Waals surface area (Å²) in [6, 6.07) is 10.6.